The van der Waals surface area contributed by atoms with Crippen LogP contribution < -0.4 is 5.73 Å². The molecule has 1 aromatic rings. The standard InChI is InChI=1S/C14H23ClN2/c1-4-11(3)9-17(5-2)10-12-8-13(15)6-7-14(12)16/h6-8,11H,4-5,9-10,16H2,1-3H3. The summed E-state index contributed by atoms with van der Waals surface area (Å²) >= 11 is 6.00. The molecule has 1 unspecified atom stereocenters. The van der Waals surface area contributed by atoms with Crippen molar-refractivity contribution in [2.24, 2.45) is 5.92 Å². The van der Waals surface area contributed by atoms with Crippen LogP contribution in [-0.4, -0.2) is 18.0 Å². The Morgan fingerprint density at radius 3 is 2.65 bits per heavy atom. The first-order valence-electron chi connectivity index (χ1n) is 6.33. The summed E-state index contributed by atoms with van der Waals surface area (Å²) < 4.78 is 0. The van der Waals surface area contributed by atoms with Crippen LogP contribution in [0.2, 0.25) is 5.02 Å². The molecule has 0 aliphatic rings. The molecular formula is C14H23ClN2. The first-order chi connectivity index (χ1) is 8.06. The summed E-state index contributed by atoms with van der Waals surface area (Å²) in [6, 6.07) is 5.69. The van der Waals surface area contributed by atoms with Gasteiger partial charge in [0.15, 0.2) is 0 Å². The van der Waals surface area contributed by atoms with Gasteiger partial charge in [-0.1, -0.05) is 38.8 Å². The second-order valence-corrected chi connectivity index (χ2v) is 5.12. The van der Waals surface area contributed by atoms with Gasteiger partial charge in [0.25, 0.3) is 0 Å². The van der Waals surface area contributed by atoms with E-state index in [1.54, 1.807) is 0 Å². The third-order valence-corrected chi connectivity index (χ3v) is 3.45. The highest BCUT2D eigenvalue weighted by atomic mass is 35.5. The lowest BCUT2D eigenvalue weighted by atomic mass is 10.1. The van der Waals surface area contributed by atoms with Gasteiger partial charge in [0.1, 0.15) is 0 Å². The molecule has 0 aliphatic carbocycles. The summed E-state index contributed by atoms with van der Waals surface area (Å²) in [6.45, 7) is 9.72. The van der Waals surface area contributed by atoms with E-state index in [1.165, 1.54) is 6.42 Å². The van der Waals surface area contributed by atoms with Crippen molar-refractivity contribution in [3.8, 4) is 0 Å². The van der Waals surface area contributed by atoms with Crippen LogP contribution in [0, 0.1) is 5.92 Å². The maximum absolute atomic E-state index is 6.00. The van der Waals surface area contributed by atoms with Gasteiger partial charge in [0.2, 0.25) is 0 Å². The van der Waals surface area contributed by atoms with Crippen molar-refractivity contribution < 1.29 is 0 Å². The fraction of sp³-hybridized carbons (Fsp3) is 0.571. The average molecular weight is 255 g/mol. The Balaban J connectivity index is 2.69. The van der Waals surface area contributed by atoms with E-state index in [9.17, 15) is 0 Å². The maximum Gasteiger partial charge on any atom is 0.0410 e. The van der Waals surface area contributed by atoms with Crippen molar-refractivity contribution >= 4 is 17.3 Å². The number of nitrogens with two attached hydrogens (primary N) is 1. The van der Waals surface area contributed by atoms with Crippen molar-refractivity contribution in [1.29, 1.82) is 0 Å². The minimum Gasteiger partial charge on any atom is -0.398 e. The smallest absolute Gasteiger partial charge is 0.0410 e. The van der Waals surface area contributed by atoms with E-state index in [2.05, 4.69) is 25.7 Å². The summed E-state index contributed by atoms with van der Waals surface area (Å²) in [7, 11) is 0. The summed E-state index contributed by atoms with van der Waals surface area (Å²) in [5, 5.41) is 0.758. The van der Waals surface area contributed by atoms with Gasteiger partial charge in [0, 0.05) is 23.8 Å². The SMILES string of the molecule is CCC(C)CN(CC)Cc1cc(Cl)ccc1N. The van der Waals surface area contributed by atoms with Crippen LogP contribution in [0.5, 0.6) is 0 Å². The van der Waals surface area contributed by atoms with Crippen LogP contribution >= 0.6 is 11.6 Å². The number of nitrogen functional groups attached to an aromatic ring is 1. The number of rotatable bonds is 6. The Morgan fingerprint density at radius 1 is 1.35 bits per heavy atom. The van der Waals surface area contributed by atoms with E-state index >= 15 is 0 Å². The number of halogens is 1. The maximum atomic E-state index is 6.00. The molecule has 3 heteroatoms. The first-order valence-corrected chi connectivity index (χ1v) is 6.70. The normalized spacial score (nSPS) is 13.0. The molecule has 0 spiro atoms. The van der Waals surface area contributed by atoms with E-state index in [1.807, 2.05) is 18.2 Å². The minimum atomic E-state index is 0.718. The Labute approximate surface area is 110 Å². The number of nitrogens with zero attached hydrogens (tertiary/aromatic N) is 1. The van der Waals surface area contributed by atoms with Crippen LogP contribution in [0.4, 0.5) is 5.69 Å². The van der Waals surface area contributed by atoms with E-state index in [0.29, 0.717) is 0 Å². The Kier molecular flexibility index (Phi) is 5.79. The monoisotopic (exact) mass is 254 g/mol. The van der Waals surface area contributed by atoms with Crippen molar-refractivity contribution in [2.45, 2.75) is 33.7 Å². The van der Waals surface area contributed by atoms with Gasteiger partial charge in [-0.05, 0) is 36.2 Å². The summed E-state index contributed by atoms with van der Waals surface area (Å²) in [6.07, 6.45) is 1.21. The Bertz CT molecular complexity index is 352. The van der Waals surface area contributed by atoms with Crippen molar-refractivity contribution in [2.75, 3.05) is 18.8 Å². The molecule has 0 radical (unpaired) electrons. The van der Waals surface area contributed by atoms with E-state index in [0.717, 1.165) is 41.8 Å². The molecule has 0 saturated carbocycles. The third kappa shape index (κ3) is 4.57. The first kappa shape index (κ1) is 14.3. The number of hydrogen-bond donors (Lipinski definition) is 1. The number of hydrogen-bond acceptors (Lipinski definition) is 2. The van der Waals surface area contributed by atoms with Crippen LogP contribution in [0.25, 0.3) is 0 Å². The van der Waals surface area contributed by atoms with Gasteiger partial charge in [-0.3, -0.25) is 4.90 Å². The zero-order chi connectivity index (χ0) is 12.8. The average Bonchev–Trinajstić information content (AvgIpc) is 2.32. The zero-order valence-electron chi connectivity index (χ0n) is 11.0. The molecule has 0 aliphatic heterocycles. The zero-order valence-corrected chi connectivity index (χ0v) is 11.8. The van der Waals surface area contributed by atoms with E-state index < -0.39 is 0 Å². The van der Waals surface area contributed by atoms with Crippen LogP contribution in [0.3, 0.4) is 0 Å². The van der Waals surface area contributed by atoms with Crippen molar-refractivity contribution in [1.82, 2.24) is 4.90 Å². The van der Waals surface area contributed by atoms with E-state index in [-0.39, 0.29) is 0 Å². The highest BCUT2D eigenvalue weighted by Gasteiger charge is 2.10. The molecule has 2 nitrogen and oxygen atoms in total. The third-order valence-electron chi connectivity index (χ3n) is 3.21. The van der Waals surface area contributed by atoms with Gasteiger partial charge in [-0.15, -0.1) is 0 Å². The largest absolute Gasteiger partial charge is 0.398 e. The molecule has 0 amide bonds. The highest BCUT2D eigenvalue weighted by Crippen LogP contribution is 2.20. The molecule has 17 heavy (non-hydrogen) atoms. The molecule has 0 fully saturated rings. The molecule has 96 valence electrons. The molecule has 0 heterocycles. The second kappa shape index (κ2) is 6.87. The van der Waals surface area contributed by atoms with Gasteiger partial charge in [0.05, 0.1) is 0 Å². The van der Waals surface area contributed by atoms with E-state index in [4.69, 9.17) is 17.3 Å². The quantitative estimate of drug-likeness (QED) is 0.783. The van der Waals surface area contributed by atoms with Gasteiger partial charge >= 0.3 is 0 Å². The summed E-state index contributed by atoms with van der Waals surface area (Å²) in [5.74, 6) is 0.718. The lowest BCUT2D eigenvalue weighted by Gasteiger charge is -2.24. The van der Waals surface area contributed by atoms with Crippen molar-refractivity contribution in [3.63, 3.8) is 0 Å². The second-order valence-electron chi connectivity index (χ2n) is 4.68. The molecule has 1 atom stereocenters. The fourth-order valence-corrected chi connectivity index (χ4v) is 2.02. The lowest BCUT2D eigenvalue weighted by molar-refractivity contribution is 0.238. The minimum absolute atomic E-state index is 0.718. The molecule has 2 N–H and O–H groups in total. The van der Waals surface area contributed by atoms with Gasteiger partial charge < -0.3 is 5.73 Å². The molecular weight excluding hydrogens is 232 g/mol. The molecule has 0 saturated heterocycles. The van der Waals surface area contributed by atoms with Crippen LogP contribution in [0.1, 0.15) is 32.8 Å². The van der Waals surface area contributed by atoms with Gasteiger partial charge in [-0.25, -0.2) is 0 Å². The highest BCUT2D eigenvalue weighted by molar-refractivity contribution is 6.30. The molecule has 1 rings (SSSR count). The summed E-state index contributed by atoms with van der Waals surface area (Å²) in [4.78, 5) is 2.41. The summed E-state index contributed by atoms with van der Waals surface area (Å²) in [5.41, 5.74) is 7.93. The van der Waals surface area contributed by atoms with Crippen LogP contribution in [0.15, 0.2) is 18.2 Å². The fourth-order valence-electron chi connectivity index (χ4n) is 1.83. The predicted octanol–water partition coefficient (Wildman–Crippen LogP) is 3.79. The molecule has 1 aromatic carbocycles. The molecule has 0 aromatic heterocycles. The van der Waals surface area contributed by atoms with Crippen LogP contribution in [-0.2, 0) is 6.54 Å². The predicted molar refractivity (Wildman–Crippen MR) is 76.3 cm³/mol. The Morgan fingerprint density at radius 2 is 2.06 bits per heavy atom. The Hall–Kier alpha value is -0.730. The number of benzene rings is 1. The topological polar surface area (TPSA) is 29.3 Å². The number of anilines is 1. The van der Waals surface area contributed by atoms with Gasteiger partial charge in [-0.2, -0.15) is 0 Å². The lowest BCUT2D eigenvalue weighted by Crippen LogP contribution is -2.28. The molecule has 0 bridgehead atoms. The van der Waals surface area contributed by atoms with Crippen molar-refractivity contribution in [3.05, 3.63) is 28.8 Å².